The van der Waals surface area contributed by atoms with Crippen molar-refractivity contribution in [2.75, 3.05) is 0 Å². The predicted octanol–water partition coefficient (Wildman–Crippen LogP) is 2.62. The quantitative estimate of drug-likeness (QED) is 0.137. The van der Waals surface area contributed by atoms with Gasteiger partial charge in [0.25, 0.3) is 5.09 Å². The van der Waals surface area contributed by atoms with Crippen molar-refractivity contribution in [1.82, 2.24) is 10.9 Å². The van der Waals surface area contributed by atoms with Crippen LogP contribution in [0, 0.1) is 51.9 Å². The zero-order valence-electron chi connectivity index (χ0n) is 17.9. The Morgan fingerprint density at radius 1 is 0.800 bits per heavy atom. The number of fused-ring (bicyclic) bond motifs is 2. The topological polar surface area (TPSA) is 158 Å². The predicted molar refractivity (Wildman–Crippen MR) is 130 cm³/mol. The van der Waals surface area contributed by atoms with E-state index in [-0.39, 0.29) is 58.4 Å². The van der Waals surface area contributed by atoms with E-state index in [1.165, 1.54) is 12.4 Å². The van der Waals surface area contributed by atoms with Crippen LogP contribution in [0.15, 0.2) is 83.0 Å². The van der Waals surface area contributed by atoms with Crippen LogP contribution in [0.5, 0.6) is 11.5 Å². The average Bonchev–Trinajstić information content (AvgIpc) is 2.79. The molecule has 12 heteroatoms. The maximum absolute atomic E-state index is 12.1. The molecule has 0 bridgehead atoms. The van der Waals surface area contributed by atoms with Crippen molar-refractivity contribution in [3.8, 4) is 11.5 Å². The molecule has 0 amide bonds. The first-order chi connectivity index (χ1) is 16.3. The van der Waals surface area contributed by atoms with Crippen LogP contribution in [-0.4, -0.2) is 27.8 Å². The summed E-state index contributed by atoms with van der Waals surface area (Å²) < 4.78 is 0. The van der Waals surface area contributed by atoms with Gasteiger partial charge in [0.15, 0.2) is 0 Å². The van der Waals surface area contributed by atoms with Gasteiger partial charge in [-0.05, 0) is 57.0 Å². The fraction of sp³-hybridized carbons (Fsp3) is 0. The van der Waals surface area contributed by atoms with Crippen molar-refractivity contribution in [2.45, 2.75) is 0 Å². The third kappa shape index (κ3) is 8.40. The van der Waals surface area contributed by atoms with Crippen molar-refractivity contribution in [2.24, 2.45) is 10.2 Å². The van der Waals surface area contributed by atoms with Crippen LogP contribution in [0.2, 0.25) is 0 Å². The molecule has 3 N–H and O–H groups in total. The number of hydrogen-bond acceptors (Lipinski definition) is 7. The van der Waals surface area contributed by atoms with Gasteiger partial charge in [0.2, 0.25) is 5.11 Å². The van der Waals surface area contributed by atoms with Crippen LogP contribution in [0.4, 0.5) is 0 Å². The summed E-state index contributed by atoms with van der Waals surface area (Å²) in [5.41, 5.74) is 6.08. The summed E-state index contributed by atoms with van der Waals surface area (Å²) in [5, 5.41) is 49.7. The summed E-state index contributed by atoms with van der Waals surface area (Å²) in [6.07, 6.45) is 2.82. The molecule has 4 rings (SSSR count). The van der Waals surface area contributed by atoms with E-state index in [4.69, 9.17) is 27.5 Å². The van der Waals surface area contributed by atoms with E-state index in [2.05, 4.69) is 21.1 Å². The molecule has 0 atom stereocenters. The minimum absolute atomic E-state index is 0. The molecule has 4 aromatic rings. The van der Waals surface area contributed by atoms with E-state index in [1.807, 2.05) is 48.5 Å². The summed E-state index contributed by atoms with van der Waals surface area (Å²) in [5.74, 6) is -0.258. The van der Waals surface area contributed by atoms with Gasteiger partial charge in [-0.15, -0.1) is 10.1 Å². The van der Waals surface area contributed by atoms with Gasteiger partial charge in [0, 0.05) is 41.7 Å². The second-order valence-corrected chi connectivity index (χ2v) is 7.19. The first-order valence-electron chi connectivity index (χ1n) is 9.68. The Bertz CT molecular complexity index is 1310. The Morgan fingerprint density at radius 3 is 1.46 bits per heavy atom. The molecule has 0 radical (unpaired) electrons. The van der Waals surface area contributed by atoms with Crippen LogP contribution >= 0.6 is 12.2 Å². The van der Waals surface area contributed by atoms with Crippen LogP contribution < -0.4 is 21.1 Å². The molecule has 0 saturated heterocycles. The Kier molecular flexibility index (Phi) is 10.7. The smallest absolute Gasteiger partial charge is 0.291 e. The summed E-state index contributed by atoms with van der Waals surface area (Å²) in [6.45, 7) is 0. The molecule has 0 aliphatic carbocycles. The van der Waals surface area contributed by atoms with Gasteiger partial charge in [0.1, 0.15) is 0 Å². The minimum Gasteiger partial charge on any atom is -0.872 e. The molecule has 35 heavy (non-hydrogen) atoms. The zero-order chi connectivity index (χ0) is 24.5. The van der Waals surface area contributed by atoms with E-state index >= 15 is 0 Å². The van der Waals surface area contributed by atoms with Crippen LogP contribution in [0.25, 0.3) is 21.5 Å². The molecule has 176 valence electrons. The second-order valence-electron chi connectivity index (χ2n) is 6.78. The Hall–Kier alpha value is -3.39. The molecule has 0 heterocycles. The Labute approximate surface area is 238 Å². The number of thiocarbonyl (C=S) groups is 1. The van der Waals surface area contributed by atoms with E-state index < -0.39 is 5.09 Å². The second kappa shape index (κ2) is 13.5. The van der Waals surface area contributed by atoms with Crippen molar-refractivity contribution in [3.63, 3.8) is 0 Å². The SMILES string of the molecule is O=[N+]([O-])O.[Ce].[O-]c1cc2ccccc2cc1/C=N/NC(=S)N/N=C/c1cc2ccccc2cc1[O-]. The van der Waals surface area contributed by atoms with Gasteiger partial charge >= 0.3 is 0 Å². The third-order valence-corrected chi connectivity index (χ3v) is 4.68. The molecular formula is C23H17CeN5O5S-2. The van der Waals surface area contributed by atoms with Crippen molar-refractivity contribution < 1.29 is 62.3 Å². The van der Waals surface area contributed by atoms with Crippen molar-refractivity contribution in [1.29, 1.82) is 0 Å². The molecule has 0 saturated carbocycles. The molecule has 0 aliphatic heterocycles. The maximum Gasteiger partial charge on any atom is 0.291 e. The molecular weight excluding hydrogens is 598 g/mol. The van der Waals surface area contributed by atoms with Gasteiger partial charge in [-0.3, -0.25) is 10.9 Å². The van der Waals surface area contributed by atoms with Crippen molar-refractivity contribution >= 4 is 51.3 Å². The molecule has 0 unspecified atom stereocenters. The number of benzene rings is 4. The normalized spacial score (nSPS) is 10.5. The maximum atomic E-state index is 12.1. The number of rotatable bonds is 4. The molecule has 0 aliphatic rings. The number of nitrogens with one attached hydrogen (secondary N) is 2. The number of hydrogen-bond donors (Lipinski definition) is 3. The Morgan fingerprint density at radius 2 is 1.11 bits per heavy atom. The van der Waals surface area contributed by atoms with Crippen molar-refractivity contribution in [3.05, 3.63) is 94.0 Å². The first-order valence-corrected chi connectivity index (χ1v) is 10.1. The van der Waals surface area contributed by atoms with Gasteiger partial charge in [-0.2, -0.15) is 10.2 Å². The van der Waals surface area contributed by atoms with E-state index in [9.17, 15) is 10.2 Å². The monoisotopic (exact) mass is 615 g/mol. The molecule has 10 nitrogen and oxygen atoms in total. The molecule has 4 aromatic carbocycles. The largest absolute Gasteiger partial charge is 0.872 e. The fourth-order valence-electron chi connectivity index (χ4n) is 3.02. The zero-order valence-corrected chi connectivity index (χ0v) is 21.9. The average molecular weight is 616 g/mol. The van der Waals surface area contributed by atoms with Crippen LogP contribution in [0.3, 0.4) is 0 Å². The van der Waals surface area contributed by atoms with Gasteiger partial charge in [-0.1, -0.05) is 72.2 Å². The number of hydrazone groups is 2. The van der Waals surface area contributed by atoms with Crippen LogP contribution in [0.1, 0.15) is 11.1 Å². The molecule has 0 spiro atoms. The van der Waals surface area contributed by atoms with Gasteiger partial charge in [-0.25, -0.2) is 0 Å². The standard InChI is InChI=1S/C23H18N4O2S.Ce.HNO3/c28-21-11-17-7-3-1-5-15(17)9-19(21)13-24-26-23(30)27-25-14-20-10-16-6-2-4-8-18(16)12-22(20)29;;2-1(3)4/h1-14,28-29H,(H2,26,27,30);;(H,2,3,4)/p-2/b24-13+,25-14+;;. The molecule has 0 aromatic heterocycles. The van der Waals surface area contributed by atoms with E-state index in [0.717, 1.165) is 21.5 Å². The third-order valence-electron chi connectivity index (χ3n) is 4.50. The van der Waals surface area contributed by atoms with Gasteiger partial charge < -0.3 is 15.4 Å². The Balaban J connectivity index is 0.000000804. The van der Waals surface area contributed by atoms with Gasteiger partial charge in [0.05, 0.1) is 12.4 Å². The summed E-state index contributed by atoms with van der Waals surface area (Å²) in [6, 6.07) is 21.9. The summed E-state index contributed by atoms with van der Waals surface area (Å²) in [4.78, 5) is 8.36. The summed E-state index contributed by atoms with van der Waals surface area (Å²) in [7, 11) is 0. The first kappa shape index (κ1) is 27.8. The summed E-state index contributed by atoms with van der Waals surface area (Å²) >= 11 is 5.10. The van der Waals surface area contributed by atoms with E-state index in [1.54, 1.807) is 24.3 Å². The van der Waals surface area contributed by atoms with Crippen LogP contribution in [-0.2, 0) is 0 Å². The fourth-order valence-corrected chi connectivity index (χ4v) is 3.13. The van der Waals surface area contributed by atoms with E-state index in [0.29, 0.717) is 11.1 Å². The molecule has 0 fully saturated rings. The minimum atomic E-state index is -1.50. The number of nitrogens with zero attached hydrogens (tertiary/aromatic N) is 3.